The highest BCUT2D eigenvalue weighted by molar-refractivity contribution is 5.91. The van der Waals surface area contributed by atoms with Gasteiger partial charge in [-0.2, -0.15) is 0 Å². The van der Waals surface area contributed by atoms with E-state index in [9.17, 15) is 4.79 Å². The molecule has 19 heavy (non-hydrogen) atoms. The molecule has 1 saturated carbocycles. The largest absolute Gasteiger partial charge is 0.465 e. The number of ether oxygens (including phenoxy) is 1. The molecule has 4 atom stereocenters. The van der Waals surface area contributed by atoms with Gasteiger partial charge in [-0.1, -0.05) is 0 Å². The van der Waals surface area contributed by atoms with E-state index in [1.54, 1.807) is 24.5 Å². The van der Waals surface area contributed by atoms with Crippen molar-refractivity contribution >= 4 is 12.0 Å². The summed E-state index contributed by atoms with van der Waals surface area (Å²) in [4.78, 5) is 11.8. The molecule has 0 spiro atoms. The van der Waals surface area contributed by atoms with Gasteiger partial charge in [0.25, 0.3) is 0 Å². The van der Waals surface area contributed by atoms with E-state index in [1.807, 2.05) is 0 Å². The minimum Gasteiger partial charge on any atom is -0.465 e. The SMILES string of the molecule is NC1C2CCCOC2C1NC(=O)C=Cc1ccco1. The third kappa shape index (κ3) is 2.43. The molecule has 5 heteroatoms. The van der Waals surface area contributed by atoms with Crippen molar-refractivity contribution in [2.24, 2.45) is 11.7 Å². The second-order valence-electron chi connectivity index (χ2n) is 5.10. The highest BCUT2D eigenvalue weighted by Crippen LogP contribution is 2.36. The topological polar surface area (TPSA) is 77.5 Å². The first kappa shape index (κ1) is 12.4. The van der Waals surface area contributed by atoms with E-state index in [0.29, 0.717) is 11.7 Å². The van der Waals surface area contributed by atoms with Crippen molar-refractivity contribution in [1.82, 2.24) is 5.32 Å². The maximum absolute atomic E-state index is 11.8. The summed E-state index contributed by atoms with van der Waals surface area (Å²) in [5.74, 6) is 0.887. The zero-order chi connectivity index (χ0) is 13.2. The Labute approximate surface area is 111 Å². The van der Waals surface area contributed by atoms with Crippen molar-refractivity contribution in [3.05, 3.63) is 30.2 Å². The fourth-order valence-electron chi connectivity index (χ4n) is 2.88. The molecule has 0 aromatic carbocycles. The Kier molecular flexibility index (Phi) is 3.40. The molecule has 3 rings (SSSR count). The van der Waals surface area contributed by atoms with Crippen molar-refractivity contribution in [2.45, 2.75) is 31.0 Å². The molecule has 1 aromatic heterocycles. The van der Waals surface area contributed by atoms with Crippen LogP contribution in [0.1, 0.15) is 18.6 Å². The lowest BCUT2D eigenvalue weighted by Crippen LogP contribution is -2.71. The number of amides is 1. The maximum Gasteiger partial charge on any atom is 0.244 e. The van der Waals surface area contributed by atoms with Gasteiger partial charge in [-0.3, -0.25) is 4.79 Å². The lowest BCUT2D eigenvalue weighted by molar-refractivity contribution is -0.136. The van der Waals surface area contributed by atoms with Gasteiger partial charge >= 0.3 is 0 Å². The van der Waals surface area contributed by atoms with Crippen molar-refractivity contribution < 1.29 is 13.9 Å². The normalized spacial score (nSPS) is 33.7. The molecule has 3 N–H and O–H groups in total. The molecule has 102 valence electrons. The molecule has 1 aliphatic carbocycles. The number of fused-ring (bicyclic) bond motifs is 1. The summed E-state index contributed by atoms with van der Waals surface area (Å²) < 4.78 is 10.8. The van der Waals surface area contributed by atoms with Crippen LogP contribution in [0.15, 0.2) is 28.9 Å². The summed E-state index contributed by atoms with van der Waals surface area (Å²) in [5.41, 5.74) is 6.08. The third-order valence-electron chi connectivity index (χ3n) is 3.93. The highest BCUT2D eigenvalue weighted by atomic mass is 16.5. The van der Waals surface area contributed by atoms with Crippen LogP contribution in [0, 0.1) is 5.92 Å². The standard InChI is InChI=1S/C14H18N2O3/c15-12-10-4-2-8-19-14(10)13(12)16-11(17)6-5-9-3-1-7-18-9/h1,3,5-7,10,12-14H,2,4,8,15H2,(H,16,17). The van der Waals surface area contributed by atoms with Crippen molar-refractivity contribution in [2.75, 3.05) is 6.61 Å². The number of nitrogens with two attached hydrogens (primary N) is 1. The van der Waals surface area contributed by atoms with Crippen LogP contribution < -0.4 is 11.1 Å². The quantitative estimate of drug-likeness (QED) is 0.794. The second-order valence-corrected chi connectivity index (χ2v) is 5.10. The summed E-state index contributed by atoms with van der Waals surface area (Å²) in [5, 5.41) is 2.91. The predicted molar refractivity (Wildman–Crippen MR) is 70.1 cm³/mol. The number of carbonyl (C=O) groups is 1. The van der Waals surface area contributed by atoms with Crippen molar-refractivity contribution in [3.63, 3.8) is 0 Å². The first-order valence-corrected chi connectivity index (χ1v) is 6.65. The van der Waals surface area contributed by atoms with Gasteiger partial charge in [0, 0.05) is 24.6 Å². The molecule has 4 unspecified atom stereocenters. The number of furan rings is 1. The van der Waals surface area contributed by atoms with Gasteiger partial charge in [0.1, 0.15) is 5.76 Å². The Balaban J connectivity index is 1.55. The van der Waals surface area contributed by atoms with E-state index in [4.69, 9.17) is 14.9 Å². The fourth-order valence-corrected chi connectivity index (χ4v) is 2.88. The number of nitrogens with one attached hydrogen (secondary N) is 1. The lowest BCUT2D eigenvalue weighted by atomic mass is 9.68. The van der Waals surface area contributed by atoms with E-state index in [2.05, 4.69) is 5.32 Å². The molecule has 2 fully saturated rings. The van der Waals surface area contributed by atoms with Crippen molar-refractivity contribution in [3.8, 4) is 0 Å². The Bertz CT molecular complexity index is 469. The smallest absolute Gasteiger partial charge is 0.244 e. The van der Waals surface area contributed by atoms with Gasteiger partial charge in [-0.05, 0) is 31.1 Å². The molecule has 5 nitrogen and oxygen atoms in total. The predicted octanol–water partition coefficient (Wildman–Crippen LogP) is 0.914. The maximum atomic E-state index is 11.8. The van der Waals surface area contributed by atoms with E-state index in [-0.39, 0.29) is 24.1 Å². The molecule has 1 aromatic rings. The van der Waals surface area contributed by atoms with Gasteiger partial charge in [0.05, 0.1) is 18.4 Å². The average molecular weight is 262 g/mol. The zero-order valence-corrected chi connectivity index (χ0v) is 10.6. The van der Waals surface area contributed by atoms with Crippen LogP contribution >= 0.6 is 0 Å². The second kappa shape index (κ2) is 5.19. The first-order chi connectivity index (χ1) is 9.25. The third-order valence-corrected chi connectivity index (χ3v) is 3.93. The molecule has 2 heterocycles. The molecule has 0 radical (unpaired) electrons. The number of hydrogen-bond acceptors (Lipinski definition) is 4. The Morgan fingerprint density at radius 1 is 1.53 bits per heavy atom. The Morgan fingerprint density at radius 2 is 2.42 bits per heavy atom. The molecular weight excluding hydrogens is 244 g/mol. The van der Waals surface area contributed by atoms with Crippen LogP contribution in [0.5, 0.6) is 0 Å². The van der Waals surface area contributed by atoms with Gasteiger partial charge < -0.3 is 20.2 Å². The molecular formula is C14H18N2O3. The summed E-state index contributed by atoms with van der Waals surface area (Å²) in [6.45, 7) is 0.766. The van der Waals surface area contributed by atoms with E-state index < -0.39 is 0 Å². The van der Waals surface area contributed by atoms with Crippen LogP contribution in [0.4, 0.5) is 0 Å². The van der Waals surface area contributed by atoms with Gasteiger partial charge in [0.15, 0.2) is 0 Å². The monoisotopic (exact) mass is 262 g/mol. The zero-order valence-electron chi connectivity index (χ0n) is 10.6. The van der Waals surface area contributed by atoms with Crippen LogP contribution in [0.2, 0.25) is 0 Å². The lowest BCUT2D eigenvalue weighted by Gasteiger charge is -2.52. The Hall–Kier alpha value is -1.59. The van der Waals surface area contributed by atoms with E-state index in [0.717, 1.165) is 19.4 Å². The van der Waals surface area contributed by atoms with Crippen LogP contribution in [-0.4, -0.2) is 30.7 Å². The molecule has 1 amide bonds. The van der Waals surface area contributed by atoms with E-state index >= 15 is 0 Å². The molecule has 0 bridgehead atoms. The van der Waals surface area contributed by atoms with Gasteiger partial charge in [0.2, 0.25) is 5.91 Å². The summed E-state index contributed by atoms with van der Waals surface area (Å²) in [6, 6.07) is 3.50. The van der Waals surface area contributed by atoms with Crippen LogP contribution in [0.25, 0.3) is 6.08 Å². The number of rotatable bonds is 3. The summed E-state index contributed by atoms with van der Waals surface area (Å²) in [6.07, 6.45) is 6.92. The van der Waals surface area contributed by atoms with Crippen LogP contribution in [-0.2, 0) is 9.53 Å². The fraction of sp³-hybridized carbons (Fsp3) is 0.500. The summed E-state index contributed by atoms with van der Waals surface area (Å²) >= 11 is 0. The average Bonchev–Trinajstić information content (AvgIpc) is 2.95. The minimum atomic E-state index is -0.163. The number of hydrogen-bond donors (Lipinski definition) is 2. The first-order valence-electron chi connectivity index (χ1n) is 6.65. The molecule has 1 aliphatic heterocycles. The molecule has 2 aliphatic rings. The van der Waals surface area contributed by atoms with Gasteiger partial charge in [-0.25, -0.2) is 0 Å². The van der Waals surface area contributed by atoms with E-state index in [1.165, 1.54) is 6.08 Å². The number of carbonyl (C=O) groups excluding carboxylic acids is 1. The highest BCUT2D eigenvalue weighted by Gasteiger charge is 2.50. The van der Waals surface area contributed by atoms with Gasteiger partial charge in [-0.15, -0.1) is 0 Å². The van der Waals surface area contributed by atoms with Crippen LogP contribution in [0.3, 0.4) is 0 Å². The minimum absolute atomic E-state index is 0.00580. The summed E-state index contributed by atoms with van der Waals surface area (Å²) in [7, 11) is 0. The van der Waals surface area contributed by atoms with Crippen molar-refractivity contribution in [1.29, 1.82) is 0 Å². The Morgan fingerprint density at radius 3 is 3.21 bits per heavy atom. The molecule has 1 saturated heterocycles.